The van der Waals surface area contributed by atoms with Crippen molar-refractivity contribution in [2.45, 2.75) is 40.2 Å². The molecule has 29 heavy (non-hydrogen) atoms. The molecule has 1 aliphatic rings. The number of carbonyl (C=O) groups is 1. The number of hydrogen-bond donors (Lipinski definition) is 1. The van der Waals surface area contributed by atoms with Crippen LogP contribution >= 0.6 is 0 Å². The zero-order chi connectivity index (χ0) is 20.6. The number of rotatable bonds is 5. The topological polar surface area (TPSA) is 29.1 Å². The molecule has 1 fully saturated rings. The van der Waals surface area contributed by atoms with Gasteiger partial charge in [-0.2, -0.15) is 0 Å². The molecule has 0 aliphatic heterocycles. The number of amides is 1. The first-order valence-corrected chi connectivity index (χ1v) is 10.4. The molecule has 2 heteroatoms. The van der Waals surface area contributed by atoms with Gasteiger partial charge < -0.3 is 5.32 Å². The van der Waals surface area contributed by atoms with E-state index in [1.54, 1.807) is 0 Å². The van der Waals surface area contributed by atoms with Crippen molar-refractivity contribution in [1.82, 2.24) is 5.32 Å². The second-order valence-electron chi connectivity index (χ2n) is 8.86. The monoisotopic (exact) mass is 383 g/mol. The van der Waals surface area contributed by atoms with E-state index in [1.807, 2.05) is 6.07 Å². The normalized spacial score (nSPS) is 19.6. The molecule has 0 spiro atoms. The molecule has 4 rings (SSSR count). The molecular formula is C27H29NO. The van der Waals surface area contributed by atoms with Crippen molar-refractivity contribution in [2.24, 2.45) is 11.3 Å². The summed E-state index contributed by atoms with van der Waals surface area (Å²) >= 11 is 0. The Kier molecular flexibility index (Phi) is 5.04. The van der Waals surface area contributed by atoms with Crippen LogP contribution in [0.15, 0.2) is 72.8 Å². The van der Waals surface area contributed by atoms with Crippen molar-refractivity contribution < 1.29 is 4.79 Å². The van der Waals surface area contributed by atoms with Crippen LogP contribution in [0.3, 0.4) is 0 Å². The lowest BCUT2D eigenvalue weighted by Crippen LogP contribution is -2.26. The van der Waals surface area contributed by atoms with E-state index in [-0.39, 0.29) is 17.2 Å². The molecule has 0 radical (unpaired) electrons. The Morgan fingerprint density at radius 3 is 2.28 bits per heavy atom. The molecule has 1 N–H and O–H groups in total. The maximum atomic E-state index is 13.0. The van der Waals surface area contributed by atoms with Crippen LogP contribution in [0.2, 0.25) is 0 Å². The largest absolute Gasteiger partial charge is 0.352 e. The van der Waals surface area contributed by atoms with Crippen molar-refractivity contribution >= 4 is 5.91 Å². The van der Waals surface area contributed by atoms with E-state index in [0.717, 1.165) is 0 Å². The molecule has 1 aliphatic carbocycles. The summed E-state index contributed by atoms with van der Waals surface area (Å²) in [4.78, 5) is 13.0. The van der Waals surface area contributed by atoms with Crippen LogP contribution in [0.1, 0.15) is 42.0 Å². The van der Waals surface area contributed by atoms with Gasteiger partial charge in [0.25, 0.3) is 0 Å². The van der Waals surface area contributed by atoms with Crippen LogP contribution in [0.25, 0.3) is 11.1 Å². The van der Waals surface area contributed by atoms with E-state index in [4.69, 9.17) is 0 Å². The summed E-state index contributed by atoms with van der Waals surface area (Å²) in [7, 11) is 0. The van der Waals surface area contributed by atoms with Crippen molar-refractivity contribution in [3.05, 3.63) is 95.1 Å². The average Bonchev–Trinajstić information content (AvgIpc) is 3.30. The standard InChI is InChI=1S/C27H29NO/c1-18-13-15-21(16-14-18)24-25(27(24,3)4)26(29)28-17-22-11-8-12-23(19(22)2)20-9-6-5-7-10-20/h5-16,24-25H,17H2,1-4H3,(H,28,29). The van der Waals surface area contributed by atoms with Gasteiger partial charge in [0.05, 0.1) is 5.92 Å². The molecule has 148 valence electrons. The Balaban J connectivity index is 1.47. The maximum Gasteiger partial charge on any atom is 0.224 e. The average molecular weight is 384 g/mol. The SMILES string of the molecule is Cc1ccc(C2C(C(=O)NCc3cccc(-c4ccccc4)c3C)C2(C)C)cc1. The van der Waals surface area contributed by atoms with Crippen LogP contribution < -0.4 is 5.32 Å². The highest BCUT2D eigenvalue weighted by molar-refractivity contribution is 5.84. The second-order valence-corrected chi connectivity index (χ2v) is 8.86. The van der Waals surface area contributed by atoms with E-state index < -0.39 is 0 Å². The number of aryl methyl sites for hydroxylation is 1. The minimum absolute atomic E-state index is 0.000271. The molecule has 0 bridgehead atoms. The third-order valence-corrected chi connectivity index (χ3v) is 6.53. The van der Waals surface area contributed by atoms with Gasteiger partial charge in [-0.1, -0.05) is 92.2 Å². The van der Waals surface area contributed by atoms with E-state index >= 15 is 0 Å². The third-order valence-electron chi connectivity index (χ3n) is 6.53. The number of nitrogens with one attached hydrogen (secondary N) is 1. The number of benzene rings is 3. The molecule has 2 nitrogen and oxygen atoms in total. The second kappa shape index (κ2) is 7.51. The van der Waals surface area contributed by atoms with Gasteiger partial charge in [-0.3, -0.25) is 4.79 Å². The highest BCUT2D eigenvalue weighted by Crippen LogP contribution is 2.64. The third kappa shape index (κ3) is 3.72. The van der Waals surface area contributed by atoms with Gasteiger partial charge in [0, 0.05) is 12.5 Å². The first-order valence-electron chi connectivity index (χ1n) is 10.4. The Morgan fingerprint density at radius 1 is 0.897 bits per heavy atom. The fraction of sp³-hybridized carbons (Fsp3) is 0.296. The van der Waals surface area contributed by atoms with Gasteiger partial charge in [-0.25, -0.2) is 0 Å². The molecular weight excluding hydrogens is 354 g/mol. The van der Waals surface area contributed by atoms with Crippen molar-refractivity contribution in [3.8, 4) is 11.1 Å². The molecule has 3 aromatic rings. The van der Waals surface area contributed by atoms with Crippen LogP contribution in [-0.4, -0.2) is 5.91 Å². The van der Waals surface area contributed by atoms with Gasteiger partial charge in [0.15, 0.2) is 0 Å². The summed E-state index contributed by atoms with van der Waals surface area (Å²) < 4.78 is 0. The number of hydrogen-bond acceptors (Lipinski definition) is 1. The van der Waals surface area contributed by atoms with E-state index in [0.29, 0.717) is 12.5 Å². The quantitative estimate of drug-likeness (QED) is 0.573. The van der Waals surface area contributed by atoms with Crippen LogP contribution in [0.4, 0.5) is 0 Å². The van der Waals surface area contributed by atoms with Gasteiger partial charge in [0.2, 0.25) is 5.91 Å². The minimum Gasteiger partial charge on any atom is -0.352 e. The Morgan fingerprint density at radius 2 is 1.59 bits per heavy atom. The van der Waals surface area contributed by atoms with E-state index in [2.05, 4.69) is 99.7 Å². The molecule has 1 saturated carbocycles. The van der Waals surface area contributed by atoms with Crippen molar-refractivity contribution in [1.29, 1.82) is 0 Å². The summed E-state index contributed by atoms with van der Waals surface area (Å²) in [6.07, 6.45) is 0. The first kappa shape index (κ1) is 19.4. The minimum atomic E-state index is 0.000271. The zero-order valence-corrected chi connectivity index (χ0v) is 17.7. The summed E-state index contributed by atoms with van der Waals surface area (Å²) in [5.41, 5.74) is 7.35. The van der Waals surface area contributed by atoms with Crippen LogP contribution in [0.5, 0.6) is 0 Å². The smallest absolute Gasteiger partial charge is 0.224 e. The Hall–Kier alpha value is -2.87. The molecule has 0 heterocycles. The summed E-state index contributed by atoms with van der Waals surface area (Å²) in [5.74, 6) is 0.479. The number of carbonyl (C=O) groups excluding carboxylic acids is 1. The summed E-state index contributed by atoms with van der Waals surface area (Å²) in [5, 5.41) is 3.21. The van der Waals surface area contributed by atoms with Crippen molar-refractivity contribution in [2.75, 3.05) is 0 Å². The van der Waals surface area contributed by atoms with Crippen molar-refractivity contribution in [3.63, 3.8) is 0 Å². The van der Waals surface area contributed by atoms with Crippen LogP contribution in [-0.2, 0) is 11.3 Å². The lowest BCUT2D eigenvalue weighted by molar-refractivity contribution is -0.123. The van der Waals surface area contributed by atoms with E-state index in [9.17, 15) is 4.79 Å². The van der Waals surface area contributed by atoms with Gasteiger partial charge >= 0.3 is 0 Å². The Bertz CT molecular complexity index is 1020. The van der Waals surface area contributed by atoms with Gasteiger partial charge in [0.1, 0.15) is 0 Å². The lowest BCUT2D eigenvalue weighted by Gasteiger charge is -2.13. The fourth-order valence-corrected chi connectivity index (χ4v) is 4.62. The fourth-order valence-electron chi connectivity index (χ4n) is 4.62. The van der Waals surface area contributed by atoms with Gasteiger partial charge in [-0.15, -0.1) is 0 Å². The summed E-state index contributed by atoms with van der Waals surface area (Å²) in [6, 6.07) is 25.3. The molecule has 0 saturated heterocycles. The molecule has 1 amide bonds. The lowest BCUT2D eigenvalue weighted by atomic mass is 9.96. The molecule has 2 atom stereocenters. The Labute approximate surface area is 174 Å². The summed E-state index contributed by atoms with van der Waals surface area (Å²) in [6.45, 7) is 9.20. The molecule has 0 aromatic heterocycles. The highest BCUT2D eigenvalue weighted by atomic mass is 16.2. The maximum absolute atomic E-state index is 13.0. The molecule has 3 aromatic carbocycles. The van der Waals surface area contributed by atoms with Gasteiger partial charge in [-0.05, 0) is 47.1 Å². The predicted molar refractivity (Wildman–Crippen MR) is 120 cm³/mol. The first-order chi connectivity index (χ1) is 13.9. The van der Waals surface area contributed by atoms with Crippen LogP contribution in [0, 0.1) is 25.2 Å². The molecule has 2 unspecified atom stereocenters. The zero-order valence-electron chi connectivity index (χ0n) is 17.7. The highest BCUT2D eigenvalue weighted by Gasteiger charge is 2.62. The predicted octanol–water partition coefficient (Wildman–Crippen LogP) is 6.03. The van der Waals surface area contributed by atoms with E-state index in [1.165, 1.54) is 33.4 Å².